The number of H-pyrrole nitrogens is 1. The Labute approximate surface area is 135 Å². The second kappa shape index (κ2) is 5.38. The molecule has 2 heterocycles. The van der Waals surface area contributed by atoms with Gasteiger partial charge in [-0.15, -0.1) is 0 Å². The molecule has 4 rings (SSSR count). The van der Waals surface area contributed by atoms with Crippen LogP contribution in [0.5, 0.6) is 0 Å². The van der Waals surface area contributed by atoms with Gasteiger partial charge in [-0.1, -0.05) is 12.1 Å². The molecular weight excluding hydrogens is 308 g/mol. The van der Waals surface area contributed by atoms with Crippen molar-refractivity contribution < 1.29 is 9.21 Å². The molecule has 120 valence electrons. The Hall–Kier alpha value is -3.35. The average Bonchev–Trinajstić information content (AvgIpc) is 3.16. The van der Waals surface area contributed by atoms with E-state index in [9.17, 15) is 9.59 Å². The molecule has 1 amide bonds. The quantitative estimate of drug-likeness (QED) is 0.606. The number of nitrogens with one attached hydrogen (secondary N) is 2. The zero-order valence-electron chi connectivity index (χ0n) is 12.8. The van der Waals surface area contributed by atoms with Gasteiger partial charge in [-0.05, 0) is 37.3 Å². The van der Waals surface area contributed by atoms with E-state index in [0.29, 0.717) is 16.8 Å². The molecule has 4 aromatic rings. The number of imidazole rings is 1. The molecule has 1 atom stereocenters. The Kier molecular flexibility index (Phi) is 3.19. The average molecular weight is 322 g/mol. The van der Waals surface area contributed by atoms with Crippen LogP contribution in [0.3, 0.4) is 0 Å². The summed E-state index contributed by atoms with van der Waals surface area (Å²) < 4.78 is 6.77. The number of oxazole rings is 1. The molecule has 2 N–H and O–H groups in total. The van der Waals surface area contributed by atoms with Crippen LogP contribution >= 0.6 is 0 Å². The standard InChI is InChI=1S/C17H14N4O3/c1-10(21-9-18-12-4-2-3-5-14(12)21)16(22)19-11-6-7-15-13(8-11)20-17(23)24-15/h2-10H,1H3,(H,19,22)(H,20,23)/t10-/m1/s1. The molecule has 24 heavy (non-hydrogen) atoms. The second-order valence-electron chi connectivity index (χ2n) is 5.53. The van der Waals surface area contributed by atoms with Gasteiger partial charge in [0.25, 0.3) is 0 Å². The minimum Gasteiger partial charge on any atom is -0.408 e. The van der Waals surface area contributed by atoms with Gasteiger partial charge in [-0.3, -0.25) is 9.78 Å². The van der Waals surface area contributed by atoms with Gasteiger partial charge in [0.05, 0.1) is 22.9 Å². The van der Waals surface area contributed by atoms with Crippen molar-refractivity contribution in [2.45, 2.75) is 13.0 Å². The van der Waals surface area contributed by atoms with Crippen molar-refractivity contribution in [1.29, 1.82) is 0 Å². The lowest BCUT2D eigenvalue weighted by Gasteiger charge is -2.14. The van der Waals surface area contributed by atoms with Gasteiger partial charge < -0.3 is 14.3 Å². The van der Waals surface area contributed by atoms with Gasteiger partial charge >= 0.3 is 5.76 Å². The van der Waals surface area contributed by atoms with E-state index in [2.05, 4.69) is 15.3 Å². The summed E-state index contributed by atoms with van der Waals surface area (Å²) in [5.74, 6) is -0.699. The van der Waals surface area contributed by atoms with Gasteiger partial charge in [-0.2, -0.15) is 0 Å². The number of carbonyl (C=O) groups excluding carboxylic acids is 1. The number of rotatable bonds is 3. The van der Waals surface area contributed by atoms with Gasteiger partial charge in [0, 0.05) is 5.69 Å². The summed E-state index contributed by atoms with van der Waals surface area (Å²) in [7, 11) is 0. The highest BCUT2D eigenvalue weighted by Crippen LogP contribution is 2.20. The third-order valence-corrected chi connectivity index (χ3v) is 3.96. The topological polar surface area (TPSA) is 92.9 Å². The van der Waals surface area contributed by atoms with Crippen LogP contribution in [0, 0.1) is 0 Å². The first-order chi connectivity index (χ1) is 11.6. The van der Waals surface area contributed by atoms with Gasteiger partial charge in [0.15, 0.2) is 5.58 Å². The summed E-state index contributed by atoms with van der Waals surface area (Å²) in [6, 6.07) is 12.2. The second-order valence-corrected chi connectivity index (χ2v) is 5.53. The highest BCUT2D eigenvalue weighted by molar-refractivity contribution is 5.96. The third kappa shape index (κ3) is 2.36. The van der Waals surface area contributed by atoms with Crippen molar-refractivity contribution in [1.82, 2.24) is 14.5 Å². The lowest BCUT2D eigenvalue weighted by atomic mass is 10.2. The number of amides is 1. The minimum atomic E-state index is -0.522. The summed E-state index contributed by atoms with van der Waals surface area (Å²) in [6.45, 7) is 1.81. The van der Waals surface area contributed by atoms with Crippen molar-refractivity contribution in [2.24, 2.45) is 0 Å². The lowest BCUT2D eigenvalue weighted by Crippen LogP contribution is -2.23. The number of para-hydroxylation sites is 2. The predicted octanol–water partition coefficient (Wildman–Crippen LogP) is 2.67. The van der Waals surface area contributed by atoms with Gasteiger partial charge in [0.1, 0.15) is 6.04 Å². The molecule has 0 fully saturated rings. The number of carbonyl (C=O) groups is 1. The molecule has 7 heteroatoms. The van der Waals surface area contributed by atoms with Crippen LogP contribution in [0.2, 0.25) is 0 Å². The Morgan fingerprint density at radius 2 is 2.12 bits per heavy atom. The first kappa shape index (κ1) is 14.3. The molecule has 2 aromatic carbocycles. The summed E-state index contributed by atoms with van der Waals surface area (Å²) in [5.41, 5.74) is 3.32. The fourth-order valence-corrected chi connectivity index (χ4v) is 2.69. The molecule has 0 bridgehead atoms. The number of nitrogens with zero attached hydrogens (tertiary/aromatic N) is 2. The smallest absolute Gasteiger partial charge is 0.408 e. The highest BCUT2D eigenvalue weighted by Gasteiger charge is 2.17. The van der Waals surface area contributed by atoms with E-state index < -0.39 is 11.8 Å². The maximum Gasteiger partial charge on any atom is 0.417 e. The molecule has 0 unspecified atom stereocenters. The number of benzene rings is 2. The molecule has 0 aliphatic rings. The largest absolute Gasteiger partial charge is 0.417 e. The van der Waals surface area contributed by atoms with Crippen molar-refractivity contribution in [3.8, 4) is 0 Å². The first-order valence-corrected chi connectivity index (χ1v) is 7.47. The third-order valence-electron chi connectivity index (χ3n) is 3.96. The van der Waals surface area contributed by atoms with Crippen LogP contribution < -0.4 is 11.1 Å². The summed E-state index contributed by atoms with van der Waals surface area (Å²) in [5, 5.41) is 2.84. The van der Waals surface area contributed by atoms with Crippen LogP contribution in [0.25, 0.3) is 22.1 Å². The van der Waals surface area contributed by atoms with Crippen LogP contribution in [0.4, 0.5) is 5.69 Å². The molecule has 0 saturated carbocycles. The van der Waals surface area contributed by atoms with E-state index in [1.165, 1.54) is 0 Å². The van der Waals surface area contributed by atoms with E-state index in [0.717, 1.165) is 11.0 Å². The van der Waals surface area contributed by atoms with E-state index in [-0.39, 0.29) is 5.91 Å². The van der Waals surface area contributed by atoms with E-state index in [1.54, 1.807) is 24.5 Å². The number of aromatic nitrogens is 3. The highest BCUT2D eigenvalue weighted by atomic mass is 16.4. The first-order valence-electron chi connectivity index (χ1n) is 7.47. The number of hydrogen-bond acceptors (Lipinski definition) is 4. The molecular formula is C17H14N4O3. The summed E-state index contributed by atoms with van der Waals surface area (Å²) in [4.78, 5) is 30.6. The van der Waals surface area contributed by atoms with Crippen molar-refractivity contribution in [3.63, 3.8) is 0 Å². The predicted molar refractivity (Wildman–Crippen MR) is 89.9 cm³/mol. The SMILES string of the molecule is C[C@H](C(=O)Nc1ccc2oc(=O)[nH]c2c1)n1cnc2ccccc21. The Morgan fingerprint density at radius 3 is 3.00 bits per heavy atom. The number of fused-ring (bicyclic) bond motifs is 2. The molecule has 7 nitrogen and oxygen atoms in total. The summed E-state index contributed by atoms with van der Waals surface area (Å²) >= 11 is 0. The molecule has 0 saturated heterocycles. The van der Waals surface area contributed by atoms with Crippen molar-refractivity contribution >= 4 is 33.7 Å². The van der Waals surface area contributed by atoms with Crippen LogP contribution in [0.15, 0.2) is 58.0 Å². The van der Waals surface area contributed by atoms with Crippen LogP contribution in [0.1, 0.15) is 13.0 Å². The van der Waals surface area contributed by atoms with Crippen molar-refractivity contribution in [2.75, 3.05) is 5.32 Å². The maximum atomic E-state index is 12.5. The zero-order chi connectivity index (χ0) is 16.7. The van der Waals surface area contributed by atoms with Crippen molar-refractivity contribution in [3.05, 3.63) is 59.3 Å². The Balaban J connectivity index is 1.61. The van der Waals surface area contributed by atoms with E-state index in [1.807, 2.05) is 35.8 Å². The summed E-state index contributed by atoms with van der Waals surface area (Å²) in [6.07, 6.45) is 1.66. The zero-order valence-corrected chi connectivity index (χ0v) is 12.8. The number of aromatic amines is 1. The van der Waals surface area contributed by atoms with Crippen LogP contribution in [-0.2, 0) is 4.79 Å². The van der Waals surface area contributed by atoms with Crippen LogP contribution in [-0.4, -0.2) is 20.4 Å². The Morgan fingerprint density at radius 1 is 1.29 bits per heavy atom. The number of anilines is 1. The van der Waals surface area contributed by atoms with E-state index in [4.69, 9.17) is 4.42 Å². The molecule has 2 aromatic heterocycles. The fourth-order valence-electron chi connectivity index (χ4n) is 2.69. The monoisotopic (exact) mass is 322 g/mol. The maximum absolute atomic E-state index is 12.5. The minimum absolute atomic E-state index is 0.177. The molecule has 0 spiro atoms. The lowest BCUT2D eigenvalue weighted by molar-refractivity contribution is -0.118. The molecule has 0 aliphatic carbocycles. The van der Waals surface area contributed by atoms with E-state index >= 15 is 0 Å². The Bertz CT molecular complexity index is 1110. The number of hydrogen-bond donors (Lipinski definition) is 2. The fraction of sp³-hybridized carbons (Fsp3) is 0.118. The van der Waals surface area contributed by atoms with Gasteiger partial charge in [0.2, 0.25) is 5.91 Å². The normalized spacial score (nSPS) is 12.5. The van der Waals surface area contributed by atoms with Gasteiger partial charge in [-0.25, -0.2) is 9.78 Å². The molecule has 0 aliphatic heterocycles. The molecule has 0 radical (unpaired) electrons.